The van der Waals surface area contributed by atoms with Crippen LogP contribution in [0.1, 0.15) is 17.5 Å². The minimum Gasteiger partial charge on any atom is -0.493 e. The fourth-order valence-electron chi connectivity index (χ4n) is 4.09. The molecule has 4 rings (SSSR count). The number of benzene rings is 2. The molecule has 2 aromatic carbocycles. The highest BCUT2D eigenvalue weighted by Crippen LogP contribution is 2.33. The lowest BCUT2D eigenvalue weighted by atomic mass is 10.00. The van der Waals surface area contributed by atoms with Crippen LogP contribution >= 0.6 is 24.8 Å². The smallest absolute Gasteiger partial charge is 0.224 e. The molecule has 6 nitrogen and oxygen atoms in total. The number of halogens is 2. The van der Waals surface area contributed by atoms with Crippen LogP contribution in [0, 0.1) is 0 Å². The molecule has 8 heteroatoms. The third-order valence-corrected chi connectivity index (χ3v) is 5.59. The monoisotopic (exact) mass is 453 g/mol. The molecule has 2 aromatic rings. The summed E-state index contributed by atoms with van der Waals surface area (Å²) in [7, 11) is 3.33. The summed E-state index contributed by atoms with van der Waals surface area (Å²) in [6.07, 6.45) is 1.40. The van der Waals surface area contributed by atoms with Gasteiger partial charge in [-0.15, -0.1) is 24.8 Å². The second kappa shape index (κ2) is 10.8. The number of hydrogen-bond acceptors (Lipinski definition) is 5. The minimum absolute atomic E-state index is 0. The van der Waals surface area contributed by atoms with Crippen molar-refractivity contribution < 1.29 is 14.3 Å². The Balaban J connectivity index is 0.00000160. The van der Waals surface area contributed by atoms with Gasteiger partial charge in [-0.2, -0.15) is 0 Å². The number of piperazine rings is 1. The molecule has 164 valence electrons. The molecule has 1 saturated heterocycles. The maximum absolute atomic E-state index is 11.7. The molecule has 0 aromatic heterocycles. The van der Waals surface area contributed by atoms with Gasteiger partial charge in [-0.25, -0.2) is 0 Å². The van der Waals surface area contributed by atoms with E-state index in [1.165, 1.54) is 16.8 Å². The summed E-state index contributed by atoms with van der Waals surface area (Å²) in [5, 5.41) is 3.00. The van der Waals surface area contributed by atoms with E-state index in [4.69, 9.17) is 9.47 Å². The summed E-state index contributed by atoms with van der Waals surface area (Å²) < 4.78 is 10.7. The summed E-state index contributed by atoms with van der Waals surface area (Å²) in [5.41, 5.74) is 4.74. The normalized spacial score (nSPS) is 15.9. The van der Waals surface area contributed by atoms with Gasteiger partial charge in [0.1, 0.15) is 0 Å². The first kappa shape index (κ1) is 24.1. The Morgan fingerprint density at radius 3 is 2.37 bits per heavy atom. The van der Waals surface area contributed by atoms with Crippen molar-refractivity contribution in [2.45, 2.75) is 19.4 Å². The Kier molecular flexibility index (Phi) is 8.65. The average Bonchev–Trinajstić information content (AvgIpc) is 2.73. The van der Waals surface area contributed by atoms with E-state index in [1.54, 1.807) is 14.2 Å². The first-order valence-electron chi connectivity index (χ1n) is 9.78. The van der Waals surface area contributed by atoms with E-state index in [9.17, 15) is 4.79 Å². The molecule has 0 atom stereocenters. The highest BCUT2D eigenvalue weighted by atomic mass is 35.5. The van der Waals surface area contributed by atoms with Crippen molar-refractivity contribution in [3.05, 3.63) is 47.5 Å². The van der Waals surface area contributed by atoms with Crippen LogP contribution < -0.4 is 19.7 Å². The molecule has 0 unspecified atom stereocenters. The lowest BCUT2D eigenvalue weighted by Crippen LogP contribution is -2.46. The number of rotatable bonds is 5. The predicted molar refractivity (Wildman–Crippen MR) is 125 cm³/mol. The molecule has 1 N–H and O–H groups in total. The number of hydrogen-bond donors (Lipinski definition) is 1. The second-order valence-electron chi connectivity index (χ2n) is 7.30. The van der Waals surface area contributed by atoms with Crippen LogP contribution in [0.4, 0.5) is 11.4 Å². The lowest BCUT2D eigenvalue weighted by molar-refractivity contribution is -0.116. The molecule has 0 saturated carbocycles. The van der Waals surface area contributed by atoms with Gasteiger partial charge in [-0.1, -0.05) is 12.1 Å². The van der Waals surface area contributed by atoms with Crippen LogP contribution in [0.3, 0.4) is 0 Å². The summed E-state index contributed by atoms with van der Waals surface area (Å²) in [5.74, 6) is 1.65. The molecule has 1 amide bonds. The third-order valence-electron chi connectivity index (χ3n) is 5.59. The maximum Gasteiger partial charge on any atom is 0.224 e. The van der Waals surface area contributed by atoms with Crippen LogP contribution in [-0.2, 0) is 17.8 Å². The molecular formula is C22H29Cl2N3O3. The van der Waals surface area contributed by atoms with Gasteiger partial charge in [0.05, 0.1) is 14.2 Å². The Labute approximate surface area is 190 Å². The van der Waals surface area contributed by atoms with Crippen molar-refractivity contribution in [1.82, 2.24) is 4.90 Å². The van der Waals surface area contributed by atoms with Gasteiger partial charge >= 0.3 is 0 Å². The fraction of sp³-hybridized carbons (Fsp3) is 0.409. The molecule has 1 fully saturated rings. The Morgan fingerprint density at radius 2 is 1.67 bits per heavy atom. The molecular weight excluding hydrogens is 425 g/mol. The van der Waals surface area contributed by atoms with Gasteiger partial charge in [-0.3, -0.25) is 9.69 Å². The van der Waals surface area contributed by atoms with Gasteiger partial charge in [0.25, 0.3) is 0 Å². The Bertz CT molecular complexity index is 871. The van der Waals surface area contributed by atoms with Crippen LogP contribution in [0.2, 0.25) is 0 Å². The zero-order valence-corrected chi connectivity index (χ0v) is 19.0. The number of anilines is 2. The van der Waals surface area contributed by atoms with Crippen molar-refractivity contribution in [3.63, 3.8) is 0 Å². The molecule has 0 aliphatic carbocycles. The molecule has 30 heavy (non-hydrogen) atoms. The molecule has 0 bridgehead atoms. The number of ether oxygens (including phenoxy) is 2. The van der Waals surface area contributed by atoms with Crippen LogP contribution in [0.25, 0.3) is 0 Å². The van der Waals surface area contributed by atoms with E-state index in [0.29, 0.717) is 6.42 Å². The van der Waals surface area contributed by atoms with Crippen molar-refractivity contribution in [1.29, 1.82) is 0 Å². The number of nitrogens with zero attached hydrogens (tertiary/aromatic N) is 2. The van der Waals surface area contributed by atoms with Gasteiger partial charge < -0.3 is 19.7 Å². The second-order valence-corrected chi connectivity index (χ2v) is 7.30. The number of methoxy groups -OCH3 is 2. The van der Waals surface area contributed by atoms with E-state index < -0.39 is 0 Å². The summed E-state index contributed by atoms with van der Waals surface area (Å²) in [4.78, 5) is 16.6. The van der Waals surface area contributed by atoms with Gasteiger partial charge in [-0.05, 0) is 41.8 Å². The third kappa shape index (κ3) is 5.12. The molecule has 0 spiro atoms. The molecule has 2 aliphatic rings. The highest BCUT2D eigenvalue weighted by molar-refractivity contribution is 5.95. The van der Waals surface area contributed by atoms with Crippen LogP contribution in [0.5, 0.6) is 11.5 Å². The first-order chi connectivity index (χ1) is 13.7. The van der Waals surface area contributed by atoms with E-state index in [2.05, 4.69) is 33.3 Å². The Hall–Kier alpha value is -2.15. The van der Waals surface area contributed by atoms with Gasteiger partial charge in [0, 0.05) is 50.5 Å². The topological polar surface area (TPSA) is 54.0 Å². The van der Waals surface area contributed by atoms with Crippen molar-refractivity contribution in [2.75, 3.05) is 50.6 Å². The quantitative estimate of drug-likeness (QED) is 0.746. The van der Waals surface area contributed by atoms with E-state index in [-0.39, 0.29) is 30.7 Å². The van der Waals surface area contributed by atoms with Crippen molar-refractivity contribution in [3.8, 4) is 11.5 Å². The maximum atomic E-state index is 11.7. The predicted octanol–water partition coefficient (Wildman–Crippen LogP) is 3.75. The SMILES string of the molecule is COc1ccc(CN2CCN(c3cccc4c3CCC(=O)N4)CC2)cc1OC.Cl.Cl. The van der Waals surface area contributed by atoms with Crippen LogP contribution in [-0.4, -0.2) is 51.2 Å². The van der Waals surface area contributed by atoms with Crippen molar-refractivity contribution >= 4 is 42.1 Å². The zero-order chi connectivity index (χ0) is 19.5. The van der Waals surface area contributed by atoms with Crippen LogP contribution in [0.15, 0.2) is 36.4 Å². The largest absolute Gasteiger partial charge is 0.493 e. The van der Waals surface area contributed by atoms with Gasteiger partial charge in [0.15, 0.2) is 11.5 Å². The van der Waals surface area contributed by atoms with E-state index >= 15 is 0 Å². The number of carbonyl (C=O) groups is 1. The molecule has 2 heterocycles. The number of nitrogens with one attached hydrogen (secondary N) is 1. The number of amides is 1. The first-order valence-corrected chi connectivity index (χ1v) is 9.78. The summed E-state index contributed by atoms with van der Waals surface area (Å²) >= 11 is 0. The minimum atomic E-state index is 0. The lowest BCUT2D eigenvalue weighted by Gasteiger charge is -2.38. The molecule has 0 radical (unpaired) electrons. The standard InChI is InChI=1S/C22H27N3O3.2ClH/c1-27-20-8-6-16(14-21(20)28-2)15-24-10-12-25(13-11-24)19-5-3-4-18-17(19)7-9-22(26)23-18;;/h3-6,8,14H,7,9-13,15H2,1-2H3,(H,23,26);2*1H. The highest BCUT2D eigenvalue weighted by Gasteiger charge is 2.23. The summed E-state index contributed by atoms with van der Waals surface area (Å²) in [6, 6.07) is 12.3. The zero-order valence-electron chi connectivity index (χ0n) is 17.3. The fourth-order valence-corrected chi connectivity index (χ4v) is 4.09. The molecule has 2 aliphatic heterocycles. The van der Waals surface area contributed by atoms with Gasteiger partial charge in [0.2, 0.25) is 5.91 Å². The van der Waals surface area contributed by atoms with Crippen molar-refractivity contribution in [2.24, 2.45) is 0 Å². The van der Waals surface area contributed by atoms with E-state index in [0.717, 1.165) is 56.3 Å². The Morgan fingerprint density at radius 1 is 0.933 bits per heavy atom. The number of carbonyl (C=O) groups excluding carboxylic acids is 1. The number of fused-ring (bicyclic) bond motifs is 1. The average molecular weight is 454 g/mol. The van der Waals surface area contributed by atoms with E-state index in [1.807, 2.05) is 18.2 Å². The summed E-state index contributed by atoms with van der Waals surface area (Å²) in [6.45, 7) is 4.88.